The largest absolute Gasteiger partial charge is 0.460 e. The van der Waals surface area contributed by atoms with Crippen molar-refractivity contribution in [2.75, 3.05) is 0 Å². The maximum atomic E-state index is 12.1. The third-order valence-corrected chi connectivity index (χ3v) is 2.95. The molecule has 0 spiro atoms. The van der Waals surface area contributed by atoms with E-state index in [1.165, 1.54) is 0 Å². The first-order valence-electron chi connectivity index (χ1n) is 5.03. The van der Waals surface area contributed by atoms with Crippen molar-refractivity contribution >= 4 is 11.8 Å². The van der Waals surface area contributed by atoms with E-state index in [1.807, 2.05) is 6.07 Å². The van der Waals surface area contributed by atoms with Gasteiger partial charge in [0, 0.05) is 10.5 Å². The van der Waals surface area contributed by atoms with E-state index in [0.717, 1.165) is 5.56 Å². The zero-order valence-corrected chi connectivity index (χ0v) is 9.71. The zero-order chi connectivity index (χ0) is 12.3. The average Bonchev–Trinajstić information content (AvgIpc) is 2.78. The minimum absolute atomic E-state index is 0.347. The van der Waals surface area contributed by atoms with E-state index in [2.05, 4.69) is 0 Å². The van der Waals surface area contributed by atoms with Crippen molar-refractivity contribution in [2.24, 2.45) is 5.73 Å². The topological polar surface area (TPSA) is 39.2 Å². The molecule has 2 nitrogen and oxygen atoms in total. The van der Waals surface area contributed by atoms with Crippen LogP contribution >= 0.6 is 11.8 Å². The Bertz CT molecular complexity index is 482. The van der Waals surface area contributed by atoms with Crippen LogP contribution in [0, 0.1) is 0 Å². The molecule has 1 aromatic heterocycles. The molecule has 90 valence electrons. The van der Waals surface area contributed by atoms with Gasteiger partial charge in [-0.05, 0) is 24.3 Å². The van der Waals surface area contributed by atoms with Crippen LogP contribution in [0.15, 0.2) is 45.7 Å². The molecule has 2 aromatic rings. The number of hydrogen-bond donors (Lipinski definition) is 1. The van der Waals surface area contributed by atoms with Crippen molar-refractivity contribution in [3.05, 3.63) is 42.2 Å². The number of thioether (sulfide) groups is 1. The predicted octanol–water partition coefficient (Wildman–Crippen LogP) is 3.72. The highest BCUT2D eigenvalue weighted by Gasteiger charge is 2.07. The summed E-state index contributed by atoms with van der Waals surface area (Å²) in [6, 6.07) is 10.4. The second-order valence-electron chi connectivity index (χ2n) is 3.37. The highest BCUT2D eigenvalue weighted by molar-refractivity contribution is 7.99. The Hall–Kier alpha value is -1.33. The van der Waals surface area contributed by atoms with Crippen molar-refractivity contribution in [1.82, 2.24) is 0 Å². The monoisotopic (exact) mass is 255 g/mol. The summed E-state index contributed by atoms with van der Waals surface area (Å²) in [5, 5.41) is 0. The summed E-state index contributed by atoms with van der Waals surface area (Å²) in [7, 11) is 0. The van der Waals surface area contributed by atoms with Crippen LogP contribution < -0.4 is 5.73 Å². The highest BCUT2D eigenvalue weighted by atomic mass is 32.2. The first-order chi connectivity index (χ1) is 8.19. The van der Waals surface area contributed by atoms with Crippen LogP contribution in [0.2, 0.25) is 0 Å². The summed E-state index contributed by atoms with van der Waals surface area (Å²) in [5.41, 5.74) is 6.29. The lowest BCUT2D eigenvalue weighted by molar-refractivity contribution is 0.252. The molecule has 0 aliphatic rings. The SMILES string of the molecule is NCc1ccc(-c2ccc(SC(F)F)cc2)o1. The Labute approximate surface area is 102 Å². The van der Waals surface area contributed by atoms with E-state index in [0.29, 0.717) is 34.7 Å². The molecule has 0 saturated heterocycles. The van der Waals surface area contributed by atoms with E-state index < -0.39 is 5.76 Å². The van der Waals surface area contributed by atoms with Crippen molar-refractivity contribution < 1.29 is 13.2 Å². The molecule has 2 rings (SSSR count). The molecule has 0 saturated carbocycles. The number of benzene rings is 1. The Balaban J connectivity index is 2.17. The summed E-state index contributed by atoms with van der Waals surface area (Å²) in [6.45, 7) is 0.347. The number of alkyl halides is 2. The van der Waals surface area contributed by atoms with Gasteiger partial charge in [-0.25, -0.2) is 0 Å². The molecule has 0 aliphatic carbocycles. The van der Waals surface area contributed by atoms with Gasteiger partial charge in [0.15, 0.2) is 0 Å². The number of nitrogens with two attached hydrogens (primary N) is 1. The maximum Gasteiger partial charge on any atom is 0.288 e. The maximum absolute atomic E-state index is 12.1. The van der Waals surface area contributed by atoms with E-state index in [4.69, 9.17) is 10.2 Å². The molecule has 2 N–H and O–H groups in total. The van der Waals surface area contributed by atoms with Gasteiger partial charge < -0.3 is 10.2 Å². The van der Waals surface area contributed by atoms with Gasteiger partial charge in [0.1, 0.15) is 11.5 Å². The molecule has 1 aromatic carbocycles. The molecule has 0 unspecified atom stereocenters. The van der Waals surface area contributed by atoms with Gasteiger partial charge in [-0.2, -0.15) is 8.78 Å². The van der Waals surface area contributed by atoms with E-state index in [-0.39, 0.29) is 0 Å². The summed E-state index contributed by atoms with van der Waals surface area (Å²) in [4.78, 5) is 0.536. The molecular formula is C12H11F2NOS. The van der Waals surface area contributed by atoms with Crippen molar-refractivity contribution in [3.63, 3.8) is 0 Å². The average molecular weight is 255 g/mol. The van der Waals surface area contributed by atoms with Crippen molar-refractivity contribution in [2.45, 2.75) is 17.2 Å². The minimum Gasteiger partial charge on any atom is -0.460 e. The van der Waals surface area contributed by atoms with Crippen LogP contribution in [0.4, 0.5) is 8.78 Å². The van der Waals surface area contributed by atoms with Gasteiger partial charge in [-0.1, -0.05) is 23.9 Å². The molecule has 17 heavy (non-hydrogen) atoms. The van der Waals surface area contributed by atoms with Gasteiger partial charge in [0.2, 0.25) is 0 Å². The van der Waals surface area contributed by atoms with Crippen molar-refractivity contribution in [1.29, 1.82) is 0 Å². The van der Waals surface area contributed by atoms with Gasteiger partial charge in [-0.15, -0.1) is 0 Å². The molecule has 0 aliphatic heterocycles. The molecule has 0 bridgehead atoms. The summed E-state index contributed by atoms with van der Waals surface area (Å²) in [6.07, 6.45) is 0. The lowest BCUT2D eigenvalue weighted by Crippen LogP contribution is -1.92. The molecule has 0 radical (unpaired) electrons. The van der Waals surface area contributed by atoms with Gasteiger partial charge >= 0.3 is 0 Å². The minimum atomic E-state index is -2.40. The van der Waals surface area contributed by atoms with Crippen LogP contribution in [-0.4, -0.2) is 5.76 Å². The van der Waals surface area contributed by atoms with Gasteiger partial charge in [-0.3, -0.25) is 0 Å². The number of hydrogen-bond acceptors (Lipinski definition) is 3. The van der Waals surface area contributed by atoms with Gasteiger partial charge in [0.05, 0.1) is 6.54 Å². The fourth-order valence-electron chi connectivity index (χ4n) is 1.44. The number of halogens is 2. The van der Waals surface area contributed by atoms with E-state index >= 15 is 0 Å². The lowest BCUT2D eigenvalue weighted by Gasteiger charge is -2.01. The Morgan fingerprint density at radius 1 is 1.12 bits per heavy atom. The van der Waals surface area contributed by atoms with Crippen LogP contribution in [-0.2, 0) is 6.54 Å². The zero-order valence-electron chi connectivity index (χ0n) is 8.90. The second-order valence-corrected chi connectivity index (χ2v) is 4.44. The van der Waals surface area contributed by atoms with Crippen molar-refractivity contribution in [3.8, 4) is 11.3 Å². The molecule has 1 heterocycles. The van der Waals surface area contributed by atoms with Crippen LogP contribution in [0.3, 0.4) is 0 Å². The quantitative estimate of drug-likeness (QED) is 0.846. The Kier molecular flexibility index (Phi) is 3.81. The summed E-state index contributed by atoms with van der Waals surface area (Å²) in [5.74, 6) is -1.00. The molecule has 0 fully saturated rings. The first kappa shape index (κ1) is 12.1. The van der Waals surface area contributed by atoms with Crippen LogP contribution in [0.1, 0.15) is 5.76 Å². The van der Waals surface area contributed by atoms with E-state index in [1.54, 1.807) is 30.3 Å². The smallest absolute Gasteiger partial charge is 0.288 e. The molecule has 0 atom stereocenters. The summed E-state index contributed by atoms with van der Waals surface area (Å²) >= 11 is 0.528. The third kappa shape index (κ3) is 3.08. The highest BCUT2D eigenvalue weighted by Crippen LogP contribution is 2.28. The van der Waals surface area contributed by atoms with Crippen LogP contribution in [0.5, 0.6) is 0 Å². The summed E-state index contributed by atoms with van der Waals surface area (Å²) < 4.78 is 29.7. The number of furan rings is 1. The standard InChI is InChI=1S/C12H11F2NOS/c13-12(14)17-10-4-1-8(2-5-10)11-6-3-9(7-15)16-11/h1-6,12H,7,15H2. The van der Waals surface area contributed by atoms with E-state index in [9.17, 15) is 8.78 Å². The lowest BCUT2D eigenvalue weighted by atomic mass is 10.2. The Morgan fingerprint density at radius 2 is 1.82 bits per heavy atom. The predicted molar refractivity (Wildman–Crippen MR) is 63.9 cm³/mol. The Morgan fingerprint density at radius 3 is 2.35 bits per heavy atom. The molecule has 0 amide bonds. The third-order valence-electron chi connectivity index (χ3n) is 2.23. The number of rotatable bonds is 4. The normalized spacial score (nSPS) is 11.1. The second kappa shape index (κ2) is 5.33. The molecular weight excluding hydrogens is 244 g/mol. The fourth-order valence-corrected chi connectivity index (χ4v) is 1.94. The van der Waals surface area contributed by atoms with Gasteiger partial charge in [0.25, 0.3) is 5.76 Å². The fraction of sp³-hybridized carbons (Fsp3) is 0.167. The van der Waals surface area contributed by atoms with Crippen LogP contribution in [0.25, 0.3) is 11.3 Å². The first-order valence-corrected chi connectivity index (χ1v) is 5.91. The molecule has 5 heteroatoms.